The van der Waals surface area contributed by atoms with Gasteiger partial charge in [-0.1, -0.05) is 35.0 Å². The Kier molecular flexibility index (Phi) is 4.41. The van der Waals surface area contributed by atoms with E-state index in [-0.39, 0.29) is 23.2 Å². The maximum Gasteiger partial charge on any atom is 0.416 e. The molecule has 1 aliphatic heterocycles. The topological polar surface area (TPSA) is 59.2 Å². The number of carbonyl (C=O) groups excluding carboxylic acids is 1. The molecule has 0 radical (unpaired) electrons. The van der Waals surface area contributed by atoms with Gasteiger partial charge in [-0.3, -0.25) is 4.79 Å². The fraction of sp³-hybridized carbons (Fsp3) is 0.250. The summed E-state index contributed by atoms with van der Waals surface area (Å²) in [6, 6.07) is 12.1. The lowest BCUT2D eigenvalue weighted by Gasteiger charge is -2.37. The van der Waals surface area contributed by atoms with Crippen molar-refractivity contribution in [3.05, 3.63) is 71.1 Å². The van der Waals surface area contributed by atoms with Crippen molar-refractivity contribution in [2.45, 2.75) is 19.0 Å². The highest BCUT2D eigenvalue weighted by atomic mass is 19.4. The average molecular weight is 387 g/mol. The molecule has 0 atom stereocenters. The summed E-state index contributed by atoms with van der Waals surface area (Å²) in [5, 5.41) is 3.80. The number of alkyl halides is 3. The number of likely N-dealkylation sites (tertiary alicyclic amines) is 1. The number of rotatable bonds is 3. The van der Waals surface area contributed by atoms with E-state index in [1.54, 1.807) is 11.0 Å². The number of aromatic nitrogens is 2. The first-order valence-corrected chi connectivity index (χ1v) is 8.68. The first kappa shape index (κ1) is 18.2. The normalized spacial score (nSPS) is 14.8. The van der Waals surface area contributed by atoms with E-state index < -0.39 is 11.7 Å². The van der Waals surface area contributed by atoms with Gasteiger partial charge in [-0.15, -0.1) is 0 Å². The van der Waals surface area contributed by atoms with E-state index in [4.69, 9.17) is 4.52 Å². The lowest BCUT2D eigenvalue weighted by Crippen LogP contribution is -2.48. The van der Waals surface area contributed by atoms with Crippen LogP contribution >= 0.6 is 0 Å². The predicted octanol–water partition coefficient (Wildman–Crippen LogP) is 4.30. The first-order valence-electron chi connectivity index (χ1n) is 8.68. The van der Waals surface area contributed by atoms with Crippen molar-refractivity contribution in [2.24, 2.45) is 0 Å². The van der Waals surface area contributed by atoms with Crippen molar-refractivity contribution in [3.8, 4) is 11.4 Å². The van der Waals surface area contributed by atoms with Crippen LogP contribution in [-0.4, -0.2) is 34.0 Å². The number of nitrogens with zero attached hydrogens (tertiary/aromatic N) is 3. The van der Waals surface area contributed by atoms with Gasteiger partial charge in [-0.25, -0.2) is 0 Å². The number of amides is 1. The third kappa shape index (κ3) is 3.49. The van der Waals surface area contributed by atoms with Gasteiger partial charge in [-0.05, 0) is 31.2 Å². The molecule has 2 heterocycles. The highest BCUT2D eigenvalue weighted by Crippen LogP contribution is 2.33. The van der Waals surface area contributed by atoms with Gasteiger partial charge < -0.3 is 9.42 Å². The molecule has 0 aliphatic carbocycles. The summed E-state index contributed by atoms with van der Waals surface area (Å²) < 4.78 is 43.8. The van der Waals surface area contributed by atoms with Crippen LogP contribution in [0.2, 0.25) is 0 Å². The second kappa shape index (κ2) is 6.78. The van der Waals surface area contributed by atoms with Crippen molar-refractivity contribution in [1.29, 1.82) is 0 Å². The Morgan fingerprint density at radius 3 is 2.61 bits per heavy atom. The van der Waals surface area contributed by atoms with E-state index in [1.807, 2.05) is 25.1 Å². The number of aryl methyl sites for hydroxylation is 1. The van der Waals surface area contributed by atoms with Crippen LogP contribution < -0.4 is 0 Å². The smallest absolute Gasteiger partial charge is 0.339 e. The van der Waals surface area contributed by atoms with Crippen molar-refractivity contribution < 1.29 is 22.5 Å². The molecule has 2 aromatic carbocycles. The van der Waals surface area contributed by atoms with E-state index in [1.165, 1.54) is 12.1 Å². The molecule has 0 saturated carbocycles. The van der Waals surface area contributed by atoms with Crippen LogP contribution in [0.4, 0.5) is 13.2 Å². The van der Waals surface area contributed by atoms with Crippen molar-refractivity contribution in [2.75, 3.05) is 13.1 Å². The summed E-state index contributed by atoms with van der Waals surface area (Å²) in [6.45, 7) is 2.78. The quantitative estimate of drug-likeness (QED) is 0.672. The lowest BCUT2D eigenvalue weighted by molar-refractivity contribution is -0.137. The third-order valence-corrected chi connectivity index (χ3v) is 4.67. The van der Waals surface area contributed by atoms with Gasteiger partial charge in [0.15, 0.2) is 0 Å². The van der Waals surface area contributed by atoms with E-state index in [0.29, 0.717) is 24.5 Å². The zero-order chi connectivity index (χ0) is 19.9. The molecule has 1 aliphatic rings. The highest BCUT2D eigenvalue weighted by molar-refractivity contribution is 5.95. The van der Waals surface area contributed by atoms with Crippen LogP contribution in [0, 0.1) is 6.92 Å². The molecule has 0 N–H and O–H groups in total. The van der Waals surface area contributed by atoms with Crippen molar-refractivity contribution >= 4 is 5.91 Å². The first-order chi connectivity index (χ1) is 13.3. The predicted molar refractivity (Wildman–Crippen MR) is 94.6 cm³/mol. The summed E-state index contributed by atoms with van der Waals surface area (Å²) in [5.41, 5.74) is 1.09. The summed E-state index contributed by atoms with van der Waals surface area (Å²) in [4.78, 5) is 18.4. The van der Waals surface area contributed by atoms with E-state index in [2.05, 4.69) is 10.1 Å². The van der Waals surface area contributed by atoms with Gasteiger partial charge >= 0.3 is 6.18 Å². The Balaban J connectivity index is 1.45. The minimum absolute atomic E-state index is 0.0717. The van der Waals surface area contributed by atoms with Gasteiger partial charge in [0.2, 0.25) is 11.7 Å². The summed E-state index contributed by atoms with van der Waals surface area (Å²) in [7, 11) is 0. The molecule has 1 fully saturated rings. The molecule has 4 rings (SSSR count). The number of hydrogen-bond acceptors (Lipinski definition) is 4. The Morgan fingerprint density at radius 1 is 1.14 bits per heavy atom. The van der Waals surface area contributed by atoms with Crippen LogP contribution in [0.1, 0.15) is 33.3 Å². The molecule has 28 heavy (non-hydrogen) atoms. The number of halogens is 3. The fourth-order valence-corrected chi connectivity index (χ4v) is 3.11. The van der Waals surface area contributed by atoms with Crippen LogP contribution in [0.15, 0.2) is 53.1 Å². The molecule has 3 aromatic rings. The zero-order valence-corrected chi connectivity index (χ0v) is 14.9. The molecule has 144 valence electrons. The standard InChI is InChI=1S/C20H16F3N3O2/c1-12-4-2-6-14(8-12)19(27)26-10-15(11-26)18-24-17(25-28-18)13-5-3-7-16(9-13)20(21,22)23/h2-9,15H,10-11H2,1H3. The monoisotopic (exact) mass is 387 g/mol. The molecule has 0 spiro atoms. The fourth-order valence-electron chi connectivity index (χ4n) is 3.11. The molecule has 1 amide bonds. The lowest BCUT2D eigenvalue weighted by atomic mass is 9.98. The second-order valence-electron chi connectivity index (χ2n) is 6.81. The Bertz CT molecular complexity index is 1020. The molecule has 0 unspecified atom stereocenters. The van der Waals surface area contributed by atoms with E-state index in [0.717, 1.165) is 17.7 Å². The minimum atomic E-state index is -4.44. The van der Waals surface area contributed by atoms with Crippen LogP contribution in [0.3, 0.4) is 0 Å². The average Bonchev–Trinajstić information content (AvgIpc) is 3.09. The van der Waals surface area contributed by atoms with E-state index in [9.17, 15) is 18.0 Å². The largest absolute Gasteiger partial charge is 0.416 e. The number of carbonyl (C=O) groups is 1. The van der Waals surface area contributed by atoms with Gasteiger partial charge in [0.1, 0.15) is 0 Å². The third-order valence-electron chi connectivity index (χ3n) is 4.67. The van der Waals surface area contributed by atoms with Crippen LogP contribution in [-0.2, 0) is 6.18 Å². The number of hydrogen-bond donors (Lipinski definition) is 0. The number of benzene rings is 2. The molecule has 8 heteroatoms. The summed E-state index contributed by atoms with van der Waals surface area (Å²) in [6.07, 6.45) is -4.44. The van der Waals surface area contributed by atoms with Gasteiger partial charge in [0, 0.05) is 24.2 Å². The Labute approximate surface area is 158 Å². The van der Waals surface area contributed by atoms with Crippen molar-refractivity contribution in [3.63, 3.8) is 0 Å². The van der Waals surface area contributed by atoms with Crippen molar-refractivity contribution in [1.82, 2.24) is 15.0 Å². The SMILES string of the molecule is Cc1cccc(C(=O)N2CC(c3nc(-c4cccc(C(F)(F)F)c4)no3)C2)c1. The maximum absolute atomic E-state index is 12.9. The molecule has 0 bridgehead atoms. The molecule has 1 aromatic heterocycles. The van der Waals surface area contributed by atoms with E-state index >= 15 is 0 Å². The molecular weight excluding hydrogens is 371 g/mol. The Hall–Kier alpha value is -3.16. The Morgan fingerprint density at radius 2 is 1.89 bits per heavy atom. The molecule has 5 nitrogen and oxygen atoms in total. The minimum Gasteiger partial charge on any atom is -0.339 e. The van der Waals surface area contributed by atoms with Gasteiger partial charge in [0.25, 0.3) is 5.91 Å². The molecular formula is C20H16F3N3O2. The van der Waals surface area contributed by atoms with Gasteiger partial charge in [-0.2, -0.15) is 18.2 Å². The molecule has 1 saturated heterocycles. The van der Waals surface area contributed by atoms with Crippen LogP contribution in [0.25, 0.3) is 11.4 Å². The van der Waals surface area contributed by atoms with Crippen LogP contribution in [0.5, 0.6) is 0 Å². The maximum atomic E-state index is 12.9. The zero-order valence-electron chi connectivity index (χ0n) is 14.9. The highest BCUT2D eigenvalue weighted by Gasteiger charge is 2.36. The summed E-state index contributed by atoms with van der Waals surface area (Å²) >= 11 is 0. The second-order valence-corrected chi connectivity index (χ2v) is 6.81. The summed E-state index contributed by atoms with van der Waals surface area (Å²) in [5.74, 6) is 0.226. The van der Waals surface area contributed by atoms with Gasteiger partial charge in [0.05, 0.1) is 11.5 Å².